The lowest BCUT2D eigenvalue weighted by atomic mass is 10.1. The Morgan fingerprint density at radius 2 is 1.83 bits per heavy atom. The normalized spacial score (nSPS) is 11.8. The van der Waals surface area contributed by atoms with Crippen molar-refractivity contribution in [2.45, 2.75) is 19.9 Å². The number of carbonyl (C=O) groups excluding carboxylic acids is 1. The lowest BCUT2D eigenvalue weighted by molar-refractivity contribution is 0.0948. The Kier molecular flexibility index (Phi) is 6.43. The Labute approximate surface area is 174 Å². The van der Waals surface area contributed by atoms with Crippen LogP contribution in [0.25, 0.3) is 0 Å². The summed E-state index contributed by atoms with van der Waals surface area (Å²) >= 11 is 1.64. The number of carbonyl (C=O) groups is 1. The average molecular weight is 416 g/mol. The Morgan fingerprint density at radius 3 is 2.31 bits per heavy atom. The molecule has 1 N–H and O–H groups in total. The van der Waals surface area contributed by atoms with Gasteiger partial charge in [0.05, 0.1) is 27.0 Å². The fraction of sp³-hybridized carbons (Fsp3) is 0.333. The molecule has 1 atom stereocenters. The van der Waals surface area contributed by atoms with Crippen LogP contribution in [-0.2, 0) is 0 Å². The lowest BCUT2D eigenvalue weighted by Crippen LogP contribution is -2.32. The minimum atomic E-state index is -0.229. The summed E-state index contributed by atoms with van der Waals surface area (Å²) in [6, 6.07) is 9.27. The zero-order chi connectivity index (χ0) is 21.0. The van der Waals surface area contributed by atoms with Gasteiger partial charge in [-0.1, -0.05) is 6.07 Å². The summed E-state index contributed by atoms with van der Waals surface area (Å²) in [5.41, 5.74) is 2.42. The van der Waals surface area contributed by atoms with E-state index >= 15 is 0 Å². The molecular weight excluding hydrogens is 390 g/mol. The van der Waals surface area contributed by atoms with Gasteiger partial charge in [0.2, 0.25) is 5.75 Å². The van der Waals surface area contributed by atoms with E-state index in [1.54, 1.807) is 23.5 Å². The molecular formula is C21H25N3O4S. The van der Waals surface area contributed by atoms with Crippen LogP contribution in [0.5, 0.6) is 17.2 Å². The van der Waals surface area contributed by atoms with E-state index < -0.39 is 0 Å². The van der Waals surface area contributed by atoms with Crippen LogP contribution < -0.4 is 19.5 Å². The van der Waals surface area contributed by atoms with E-state index in [0.29, 0.717) is 29.4 Å². The van der Waals surface area contributed by atoms with Gasteiger partial charge in [-0.15, -0.1) is 11.3 Å². The number of benzene rings is 1. The fourth-order valence-corrected chi connectivity index (χ4v) is 4.07. The van der Waals surface area contributed by atoms with Gasteiger partial charge < -0.3 is 19.5 Å². The predicted molar refractivity (Wildman–Crippen MR) is 113 cm³/mol. The van der Waals surface area contributed by atoms with E-state index in [1.807, 2.05) is 36.0 Å². The molecule has 1 amide bonds. The van der Waals surface area contributed by atoms with Gasteiger partial charge >= 0.3 is 0 Å². The van der Waals surface area contributed by atoms with Gasteiger partial charge in [0.1, 0.15) is 6.04 Å². The second-order valence-corrected chi connectivity index (χ2v) is 7.51. The summed E-state index contributed by atoms with van der Waals surface area (Å²) < 4.78 is 18.0. The van der Waals surface area contributed by atoms with Crippen molar-refractivity contribution in [3.63, 3.8) is 0 Å². The number of amides is 1. The van der Waals surface area contributed by atoms with Gasteiger partial charge in [0.25, 0.3) is 5.91 Å². The number of aromatic nitrogens is 2. The first-order valence-electron chi connectivity index (χ1n) is 9.12. The second-order valence-electron chi connectivity index (χ2n) is 6.53. The van der Waals surface area contributed by atoms with Crippen LogP contribution in [0.2, 0.25) is 0 Å². The number of hydrogen-bond acceptors (Lipinski definition) is 6. The second kappa shape index (κ2) is 9.00. The molecule has 0 radical (unpaired) electrons. The number of methoxy groups -OCH3 is 3. The quantitative estimate of drug-likeness (QED) is 0.608. The highest BCUT2D eigenvalue weighted by molar-refractivity contribution is 7.10. The van der Waals surface area contributed by atoms with Crippen molar-refractivity contribution < 1.29 is 19.0 Å². The molecule has 0 bridgehead atoms. The first-order valence-corrected chi connectivity index (χ1v) is 10.0. The van der Waals surface area contributed by atoms with Gasteiger partial charge in [0, 0.05) is 22.7 Å². The largest absolute Gasteiger partial charge is 0.493 e. The molecule has 3 rings (SSSR count). The molecule has 2 aromatic heterocycles. The molecule has 154 valence electrons. The van der Waals surface area contributed by atoms with Gasteiger partial charge in [-0.25, -0.2) is 0 Å². The highest BCUT2D eigenvalue weighted by Crippen LogP contribution is 2.38. The molecule has 2 heterocycles. The number of ether oxygens (including phenoxy) is 3. The van der Waals surface area contributed by atoms with Crippen LogP contribution in [0.1, 0.15) is 32.7 Å². The lowest BCUT2D eigenvalue weighted by Gasteiger charge is -2.19. The smallest absolute Gasteiger partial charge is 0.251 e. The highest BCUT2D eigenvalue weighted by Gasteiger charge is 2.21. The zero-order valence-electron chi connectivity index (χ0n) is 17.2. The molecule has 0 saturated carbocycles. The van der Waals surface area contributed by atoms with E-state index in [0.717, 1.165) is 16.3 Å². The molecule has 1 unspecified atom stereocenters. The number of nitrogens with zero attached hydrogens (tertiary/aromatic N) is 2. The molecule has 0 aliphatic heterocycles. The van der Waals surface area contributed by atoms with E-state index in [-0.39, 0.29) is 11.9 Å². The van der Waals surface area contributed by atoms with Crippen LogP contribution in [0, 0.1) is 13.8 Å². The number of aryl methyl sites for hydroxylation is 2. The van der Waals surface area contributed by atoms with Crippen molar-refractivity contribution >= 4 is 17.2 Å². The first-order chi connectivity index (χ1) is 14.0. The van der Waals surface area contributed by atoms with E-state index in [4.69, 9.17) is 14.2 Å². The number of hydrogen-bond donors (Lipinski definition) is 1. The number of thiophene rings is 1. The monoisotopic (exact) mass is 415 g/mol. The van der Waals surface area contributed by atoms with Crippen molar-refractivity contribution in [3.05, 3.63) is 57.5 Å². The van der Waals surface area contributed by atoms with Crippen molar-refractivity contribution in [2.75, 3.05) is 27.9 Å². The molecule has 8 heteroatoms. The minimum absolute atomic E-state index is 0.0883. The molecule has 29 heavy (non-hydrogen) atoms. The van der Waals surface area contributed by atoms with E-state index in [9.17, 15) is 4.79 Å². The molecule has 0 aliphatic rings. The zero-order valence-corrected chi connectivity index (χ0v) is 18.0. The third-order valence-corrected chi connectivity index (χ3v) is 5.57. The summed E-state index contributed by atoms with van der Waals surface area (Å²) in [5, 5.41) is 9.65. The standard InChI is InChI=1S/C21H25N3O4S/c1-13-9-14(2)24(23-13)16(19-7-6-8-29-19)12-22-21(25)15-10-17(26-3)20(28-5)18(11-15)27-4/h6-11,16H,12H2,1-5H3,(H,22,25). The molecule has 7 nitrogen and oxygen atoms in total. The topological polar surface area (TPSA) is 74.6 Å². The van der Waals surface area contributed by atoms with Crippen molar-refractivity contribution in [3.8, 4) is 17.2 Å². The van der Waals surface area contributed by atoms with E-state index in [1.165, 1.54) is 21.3 Å². The van der Waals surface area contributed by atoms with Gasteiger partial charge in [0.15, 0.2) is 11.5 Å². The van der Waals surface area contributed by atoms with E-state index in [2.05, 4.69) is 16.5 Å². The summed E-state index contributed by atoms with van der Waals surface area (Å²) in [5.74, 6) is 1.09. The van der Waals surface area contributed by atoms with Crippen molar-refractivity contribution in [2.24, 2.45) is 0 Å². The van der Waals surface area contributed by atoms with Crippen molar-refractivity contribution in [1.82, 2.24) is 15.1 Å². The van der Waals surface area contributed by atoms with Crippen LogP contribution in [-0.4, -0.2) is 43.6 Å². The maximum Gasteiger partial charge on any atom is 0.251 e. The van der Waals surface area contributed by atoms with Crippen LogP contribution in [0.3, 0.4) is 0 Å². The third kappa shape index (κ3) is 4.37. The number of rotatable bonds is 8. The molecule has 0 fully saturated rings. The Hall–Kier alpha value is -3.00. The Balaban J connectivity index is 1.85. The summed E-state index contributed by atoms with van der Waals surface area (Å²) in [4.78, 5) is 14.0. The Morgan fingerprint density at radius 1 is 1.14 bits per heavy atom. The van der Waals surface area contributed by atoms with Crippen LogP contribution in [0.15, 0.2) is 35.7 Å². The molecule has 0 aliphatic carbocycles. The molecule has 3 aromatic rings. The van der Waals surface area contributed by atoms with Crippen LogP contribution >= 0.6 is 11.3 Å². The van der Waals surface area contributed by atoms with Gasteiger partial charge in [-0.3, -0.25) is 9.48 Å². The maximum absolute atomic E-state index is 12.9. The summed E-state index contributed by atoms with van der Waals surface area (Å²) in [7, 11) is 4.57. The average Bonchev–Trinajstić information content (AvgIpc) is 3.36. The maximum atomic E-state index is 12.9. The molecule has 0 spiro atoms. The molecule has 1 aromatic carbocycles. The Bertz CT molecular complexity index is 957. The van der Waals surface area contributed by atoms with Gasteiger partial charge in [-0.05, 0) is 43.5 Å². The predicted octanol–water partition coefficient (Wildman–Crippen LogP) is 3.61. The van der Waals surface area contributed by atoms with Gasteiger partial charge in [-0.2, -0.15) is 5.10 Å². The molecule has 0 saturated heterocycles. The SMILES string of the molecule is COc1cc(C(=O)NCC(c2cccs2)n2nc(C)cc2C)cc(OC)c1OC. The third-order valence-electron chi connectivity index (χ3n) is 4.59. The highest BCUT2D eigenvalue weighted by atomic mass is 32.1. The number of nitrogens with one attached hydrogen (secondary N) is 1. The summed E-state index contributed by atoms with van der Waals surface area (Å²) in [6.07, 6.45) is 0. The summed E-state index contributed by atoms with van der Waals surface area (Å²) in [6.45, 7) is 4.38. The fourth-order valence-electron chi connectivity index (χ4n) is 3.25. The van der Waals surface area contributed by atoms with Crippen LogP contribution in [0.4, 0.5) is 0 Å². The van der Waals surface area contributed by atoms with Crippen molar-refractivity contribution in [1.29, 1.82) is 0 Å². The minimum Gasteiger partial charge on any atom is -0.493 e. The first kappa shape index (κ1) is 20.7.